The Balaban J connectivity index is 1.28. The van der Waals surface area contributed by atoms with E-state index in [1.807, 2.05) is 6.92 Å². The van der Waals surface area contributed by atoms with Crippen molar-refractivity contribution in [3.05, 3.63) is 94.9 Å². The Morgan fingerprint density at radius 1 is 1.06 bits per heavy atom. The summed E-state index contributed by atoms with van der Waals surface area (Å²) in [4.78, 5) is 29.3. The number of methoxy groups -OCH3 is 1. The van der Waals surface area contributed by atoms with Gasteiger partial charge in [0.25, 0.3) is 5.91 Å². The Labute approximate surface area is 198 Å². The smallest absolute Gasteiger partial charge is 0.349 e. The van der Waals surface area contributed by atoms with Crippen LogP contribution in [0.25, 0.3) is 16.8 Å². The van der Waals surface area contributed by atoms with Crippen molar-refractivity contribution < 1.29 is 18.7 Å². The molecule has 0 unspecified atom stereocenters. The molecule has 3 aromatic heterocycles. The van der Waals surface area contributed by atoms with Gasteiger partial charge in [-0.1, -0.05) is 12.1 Å². The Kier molecular flexibility index (Phi) is 5.68. The molecule has 0 aliphatic rings. The first-order valence-corrected chi connectivity index (χ1v) is 10.6. The van der Waals surface area contributed by atoms with E-state index in [0.717, 1.165) is 5.82 Å². The van der Waals surface area contributed by atoms with Crippen LogP contribution in [0.15, 0.2) is 82.3 Å². The summed E-state index contributed by atoms with van der Waals surface area (Å²) < 4.78 is 18.1. The van der Waals surface area contributed by atoms with Crippen molar-refractivity contribution in [2.75, 3.05) is 12.4 Å². The number of hydrogen-bond acceptors (Lipinski definition) is 8. The van der Waals surface area contributed by atoms with Gasteiger partial charge in [0, 0.05) is 29.5 Å². The van der Waals surface area contributed by atoms with E-state index in [4.69, 9.17) is 13.9 Å². The van der Waals surface area contributed by atoms with Crippen molar-refractivity contribution >= 4 is 22.6 Å². The molecular weight excluding hydrogens is 450 g/mol. The lowest BCUT2D eigenvalue weighted by atomic mass is 10.1. The van der Waals surface area contributed by atoms with Gasteiger partial charge in [-0.15, -0.1) is 10.2 Å². The first-order valence-electron chi connectivity index (χ1n) is 10.6. The highest BCUT2D eigenvalue weighted by atomic mass is 16.5. The number of benzene rings is 2. The quantitative estimate of drug-likeness (QED) is 0.369. The molecule has 2 aromatic carbocycles. The summed E-state index contributed by atoms with van der Waals surface area (Å²) >= 11 is 0. The number of aromatic nitrogens is 4. The molecule has 0 spiro atoms. The fraction of sp³-hybridized carbons (Fsp3) is 0.0800. The van der Waals surface area contributed by atoms with E-state index >= 15 is 0 Å². The van der Waals surface area contributed by atoms with E-state index in [0.29, 0.717) is 34.3 Å². The molecule has 0 bridgehead atoms. The van der Waals surface area contributed by atoms with Crippen molar-refractivity contribution in [1.82, 2.24) is 19.7 Å². The molecule has 10 heteroatoms. The number of imidazole rings is 1. The minimum atomic E-state index is -0.757. The maximum atomic E-state index is 12.7. The van der Waals surface area contributed by atoms with E-state index in [-0.39, 0.29) is 11.1 Å². The third kappa shape index (κ3) is 4.44. The molecule has 174 valence electrons. The van der Waals surface area contributed by atoms with Gasteiger partial charge in [0.1, 0.15) is 17.1 Å². The average Bonchev–Trinajstić information content (AvgIpc) is 3.30. The molecule has 3 heterocycles. The number of aryl methyl sites for hydroxylation is 1. The molecule has 0 saturated heterocycles. The van der Waals surface area contributed by atoms with Gasteiger partial charge in [-0.2, -0.15) is 0 Å². The van der Waals surface area contributed by atoms with E-state index < -0.39 is 11.5 Å². The van der Waals surface area contributed by atoms with Gasteiger partial charge >= 0.3 is 5.63 Å². The summed E-state index contributed by atoms with van der Waals surface area (Å²) in [5.74, 6) is 2.06. The van der Waals surface area contributed by atoms with E-state index in [2.05, 4.69) is 20.5 Å². The second-order valence-electron chi connectivity index (χ2n) is 7.48. The number of fused-ring (bicyclic) bond motifs is 1. The normalized spacial score (nSPS) is 10.8. The van der Waals surface area contributed by atoms with Gasteiger partial charge in [0.2, 0.25) is 5.88 Å². The highest BCUT2D eigenvalue weighted by Gasteiger charge is 2.16. The summed E-state index contributed by atoms with van der Waals surface area (Å²) in [5, 5.41) is 11.5. The lowest BCUT2D eigenvalue weighted by Crippen LogP contribution is -2.20. The zero-order chi connectivity index (χ0) is 24.4. The highest BCUT2D eigenvalue weighted by molar-refractivity contribution is 6.05. The Morgan fingerprint density at radius 3 is 2.57 bits per heavy atom. The topological polar surface area (TPSA) is 121 Å². The second kappa shape index (κ2) is 9.10. The van der Waals surface area contributed by atoms with Crippen LogP contribution in [0.2, 0.25) is 0 Å². The molecule has 35 heavy (non-hydrogen) atoms. The lowest BCUT2D eigenvalue weighted by molar-refractivity contribution is 0.102. The first-order chi connectivity index (χ1) is 17.0. The van der Waals surface area contributed by atoms with Gasteiger partial charge in [0.15, 0.2) is 17.2 Å². The predicted octanol–water partition coefficient (Wildman–Crippen LogP) is 4.13. The highest BCUT2D eigenvalue weighted by Crippen LogP contribution is 2.25. The van der Waals surface area contributed by atoms with Crippen molar-refractivity contribution in [1.29, 1.82) is 0 Å². The van der Waals surface area contributed by atoms with Crippen LogP contribution in [0.4, 0.5) is 5.69 Å². The molecule has 5 aromatic rings. The van der Waals surface area contributed by atoms with Crippen molar-refractivity contribution in [2.45, 2.75) is 6.92 Å². The molecule has 0 aliphatic heterocycles. The number of anilines is 1. The maximum Gasteiger partial charge on any atom is 0.349 e. The molecule has 1 amide bonds. The van der Waals surface area contributed by atoms with Gasteiger partial charge in [-0.3, -0.25) is 9.36 Å². The van der Waals surface area contributed by atoms with Crippen molar-refractivity contribution in [2.24, 2.45) is 0 Å². The monoisotopic (exact) mass is 469 g/mol. The van der Waals surface area contributed by atoms with E-state index in [9.17, 15) is 9.59 Å². The zero-order valence-corrected chi connectivity index (χ0v) is 18.8. The SMILES string of the molecule is COc1cccc2cc(C(=O)Nc3ccc(Oc4ccc(-n5ccnc5C)nn4)cc3)c(=O)oc12. The number of carbonyl (C=O) groups is 1. The molecule has 0 atom stereocenters. The molecule has 10 nitrogen and oxygen atoms in total. The van der Waals surface area contributed by atoms with Gasteiger partial charge in [0.05, 0.1) is 7.11 Å². The molecule has 0 radical (unpaired) electrons. The lowest BCUT2D eigenvalue weighted by Gasteiger charge is -2.09. The number of carbonyl (C=O) groups excluding carboxylic acids is 1. The van der Waals surface area contributed by atoms with E-state index in [1.54, 1.807) is 71.6 Å². The van der Waals surface area contributed by atoms with E-state index in [1.165, 1.54) is 13.2 Å². The third-order valence-electron chi connectivity index (χ3n) is 5.22. The molecule has 1 N–H and O–H groups in total. The number of nitrogens with one attached hydrogen (secondary N) is 1. The van der Waals surface area contributed by atoms with Crippen LogP contribution in [-0.2, 0) is 0 Å². The molecular formula is C25H19N5O5. The predicted molar refractivity (Wildman–Crippen MR) is 127 cm³/mol. The fourth-order valence-electron chi connectivity index (χ4n) is 3.48. The summed E-state index contributed by atoms with van der Waals surface area (Å²) in [5.41, 5.74) is -0.110. The number of nitrogens with zero attached hydrogens (tertiary/aromatic N) is 4. The molecule has 5 rings (SSSR count). The van der Waals surface area contributed by atoms with Crippen LogP contribution >= 0.6 is 0 Å². The summed E-state index contributed by atoms with van der Waals surface area (Å²) in [7, 11) is 1.48. The number of amides is 1. The maximum absolute atomic E-state index is 12.7. The summed E-state index contributed by atoms with van der Waals surface area (Å²) in [6.07, 6.45) is 3.48. The van der Waals surface area contributed by atoms with Crippen LogP contribution in [0, 0.1) is 6.92 Å². The summed E-state index contributed by atoms with van der Waals surface area (Å²) in [6.45, 7) is 1.87. The summed E-state index contributed by atoms with van der Waals surface area (Å²) in [6, 6.07) is 16.7. The van der Waals surface area contributed by atoms with Crippen LogP contribution in [0.5, 0.6) is 17.4 Å². The fourth-order valence-corrected chi connectivity index (χ4v) is 3.48. The largest absolute Gasteiger partial charge is 0.493 e. The van der Waals surface area contributed by atoms with Crippen molar-refractivity contribution in [3.63, 3.8) is 0 Å². The van der Waals surface area contributed by atoms with Crippen molar-refractivity contribution in [3.8, 4) is 23.2 Å². The van der Waals surface area contributed by atoms with Gasteiger partial charge < -0.3 is 19.2 Å². The number of ether oxygens (including phenoxy) is 2. The number of para-hydroxylation sites is 1. The van der Waals surface area contributed by atoms with Crippen LogP contribution in [0.3, 0.4) is 0 Å². The first kappa shape index (κ1) is 21.8. The molecule has 0 aliphatic carbocycles. The van der Waals surface area contributed by atoms with Gasteiger partial charge in [-0.25, -0.2) is 9.78 Å². The number of rotatable bonds is 6. The van der Waals surface area contributed by atoms with Gasteiger partial charge in [-0.05, 0) is 49.4 Å². The Morgan fingerprint density at radius 2 is 1.89 bits per heavy atom. The number of hydrogen-bond donors (Lipinski definition) is 1. The Bertz CT molecular complexity index is 1570. The molecule has 0 fully saturated rings. The average molecular weight is 469 g/mol. The minimum Gasteiger partial charge on any atom is -0.493 e. The standard InChI is InChI=1S/C25H19N5O5/c1-15-26-12-13-30(15)21-10-11-22(29-28-21)34-18-8-6-17(7-9-18)27-24(31)19-14-16-4-3-5-20(33-2)23(16)35-25(19)32/h3-14H,1-2H3,(H,27,31). The third-order valence-corrected chi connectivity index (χ3v) is 5.22. The Hall–Kier alpha value is -4.99. The van der Waals surface area contributed by atoms with Crippen LogP contribution in [0.1, 0.15) is 16.2 Å². The van der Waals surface area contributed by atoms with Crippen LogP contribution in [-0.4, -0.2) is 32.8 Å². The molecule has 0 saturated carbocycles. The second-order valence-corrected chi connectivity index (χ2v) is 7.48. The minimum absolute atomic E-state index is 0.116. The van der Waals surface area contributed by atoms with Crippen LogP contribution < -0.4 is 20.4 Å². The zero-order valence-electron chi connectivity index (χ0n) is 18.8.